The molecular formula is C15H20BF2N4O12P3. The molecule has 3 heterocycles. The predicted molar refractivity (Wildman–Crippen MR) is 120 cm³/mol. The second-order valence-corrected chi connectivity index (χ2v) is 13.6. The third-order valence-corrected chi connectivity index (χ3v) is 10.4. The van der Waals surface area contributed by atoms with Crippen LogP contribution in [0.25, 0.3) is 11.0 Å². The minimum atomic E-state index is -6.65. The van der Waals surface area contributed by atoms with E-state index in [1.807, 2.05) is 0 Å². The second kappa shape index (κ2) is 9.85. The van der Waals surface area contributed by atoms with Gasteiger partial charge in [-0.15, -0.1) is 0 Å². The molecule has 2 aromatic rings. The molecule has 0 aromatic carbocycles. The van der Waals surface area contributed by atoms with Gasteiger partial charge in [-0.05, 0) is 13.0 Å². The van der Waals surface area contributed by atoms with E-state index in [2.05, 4.69) is 24.1 Å². The highest BCUT2D eigenvalue weighted by atomic mass is 31.3. The zero-order valence-corrected chi connectivity index (χ0v) is 21.5. The second-order valence-electron chi connectivity index (χ2n) is 8.05. The summed E-state index contributed by atoms with van der Waals surface area (Å²) >= 11 is 0. The van der Waals surface area contributed by atoms with Gasteiger partial charge in [0.05, 0.1) is 12.0 Å². The number of halogens is 2. The molecule has 1 saturated heterocycles. The minimum absolute atomic E-state index is 0.135. The van der Waals surface area contributed by atoms with Crippen LogP contribution >= 0.6 is 22.7 Å². The van der Waals surface area contributed by atoms with Crippen molar-refractivity contribution in [3.8, 4) is 0 Å². The normalized spacial score (nSPS) is 28.1. The van der Waals surface area contributed by atoms with E-state index in [0.29, 0.717) is 5.39 Å². The van der Waals surface area contributed by atoms with Gasteiger partial charge in [-0.25, -0.2) is 14.3 Å². The maximum absolute atomic E-state index is 13.6. The van der Waals surface area contributed by atoms with E-state index in [0.717, 1.165) is 13.3 Å². The van der Waals surface area contributed by atoms with Crippen LogP contribution in [0.3, 0.4) is 0 Å². The molecule has 22 heteroatoms. The van der Waals surface area contributed by atoms with Gasteiger partial charge in [-0.2, -0.15) is 8.78 Å². The van der Waals surface area contributed by atoms with Crippen LogP contribution in [-0.2, 0) is 32.1 Å². The number of fused-ring (bicyclic) bond motifs is 1. The summed E-state index contributed by atoms with van der Waals surface area (Å²) in [5.41, 5.74) is -1.95. The lowest BCUT2D eigenvalue weighted by atomic mass is 9.96. The Morgan fingerprint density at radius 3 is 2.51 bits per heavy atom. The Labute approximate surface area is 207 Å². The first-order valence-corrected chi connectivity index (χ1v) is 14.7. The van der Waals surface area contributed by atoms with Crippen molar-refractivity contribution in [1.29, 1.82) is 0 Å². The van der Waals surface area contributed by atoms with Crippen molar-refractivity contribution < 1.29 is 65.7 Å². The van der Waals surface area contributed by atoms with Crippen molar-refractivity contribution >= 4 is 53.0 Å². The highest BCUT2D eigenvalue weighted by molar-refractivity contribution is 7.86. The van der Waals surface area contributed by atoms with Gasteiger partial charge in [0.25, 0.3) is 7.47 Å². The molecule has 1 fully saturated rings. The molecule has 2 radical (unpaired) electrons. The van der Waals surface area contributed by atoms with Crippen molar-refractivity contribution in [2.24, 2.45) is 0 Å². The van der Waals surface area contributed by atoms with Crippen LogP contribution in [0.5, 0.6) is 0 Å². The lowest BCUT2D eigenvalue weighted by Crippen LogP contribution is -2.44. The van der Waals surface area contributed by atoms with Gasteiger partial charge in [0.2, 0.25) is 13.5 Å². The fourth-order valence-electron chi connectivity index (χ4n) is 3.37. The molecule has 1 amide bonds. The quantitative estimate of drug-likeness (QED) is 0.173. The predicted octanol–water partition coefficient (Wildman–Crippen LogP) is 0.622. The van der Waals surface area contributed by atoms with Crippen molar-refractivity contribution in [2.75, 3.05) is 11.9 Å². The fourth-order valence-corrected chi connectivity index (χ4v) is 7.19. The molecule has 1 aliphatic rings. The molecule has 6 N–H and O–H groups in total. The Balaban J connectivity index is 1.80. The van der Waals surface area contributed by atoms with Gasteiger partial charge in [-0.1, -0.05) is 0 Å². The lowest BCUT2D eigenvalue weighted by molar-refractivity contribution is -0.114. The summed E-state index contributed by atoms with van der Waals surface area (Å²) < 4.78 is 77.0. The summed E-state index contributed by atoms with van der Waals surface area (Å²) in [6, 6.07) is 1.47. The zero-order valence-electron chi connectivity index (χ0n) is 18.8. The number of ether oxygens (including phenoxy) is 1. The van der Waals surface area contributed by atoms with E-state index in [9.17, 15) is 42.4 Å². The van der Waals surface area contributed by atoms with E-state index in [-0.39, 0.29) is 11.5 Å². The average molecular weight is 590 g/mol. The molecular weight excluding hydrogens is 570 g/mol. The smallest absolute Gasteiger partial charge is 0.387 e. The first-order valence-electron chi connectivity index (χ1n) is 9.87. The number of aliphatic hydroxyl groups is 2. The summed E-state index contributed by atoms with van der Waals surface area (Å²) in [7, 11) is -13.6. The molecule has 0 saturated carbocycles. The maximum Gasteiger partial charge on any atom is 0.444 e. The molecule has 1 aliphatic heterocycles. The van der Waals surface area contributed by atoms with E-state index in [1.54, 1.807) is 0 Å². The number of amides is 1. The van der Waals surface area contributed by atoms with Crippen LogP contribution in [0, 0.1) is 0 Å². The number of hydrogen-bond acceptors (Lipinski definition) is 11. The SMILES string of the molecule is [B]P(=O)(OC[C@H]1O[C@@H](n2ccc3c(NC(C)=O)ncnc32)[C@](C)(O)C1O)OP(=O)(O)C(F)(F)P(=O)(O)O. The Bertz CT molecular complexity index is 1350. The van der Waals surface area contributed by atoms with Crippen molar-refractivity contribution in [1.82, 2.24) is 14.5 Å². The summed E-state index contributed by atoms with van der Waals surface area (Å²) in [5, 5.41) is 18.6. The number of hydrogen-bond donors (Lipinski definition) is 6. The third kappa shape index (κ3) is 5.72. The lowest BCUT2D eigenvalue weighted by Gasteiger charge is -2.28. The Hall–Kier alpha value is -1.62. The fraction of sp³-hybridized carbons (Fsp3) is 0.533. The Morgan fingerprint density at radius 2 is 1.95 bits per heavy atom. The van der Waals surface area contributed by atoms with Crippen LogP contribution in [-0.4, -0.2) is 82.7 Å². The summed E-state index contributed by atoms with van der Waals surface area (Å²) in [6.45, 7) is 1.33. The van der Waals surface area contributed by atoms with Gasteiger partial charge in [0.15, 0.2) is 6.23 Å². The molecule has 0 aliphatic carbocycles. The van der Waals surface area contributed by atoms with Gasteiger partial charge < -0.3 is 44.0 Å². The largest absolute Gasteiger partial charge is 0.444 e. The van der Waals surface area contributed by atoms with Crippen LogP contribution in [0.2, 0.25) is 0 Å². The summed E-state index contributed by atoms with van der Waals surface area (Å²) in [6.07, 6.45) is -2.33. The van der Waals surface area contributed by atoms with Crippen molar-refractivity contribution in [3.63, 3.8) is 0 Å². The Morgan fingerprint density at radius 1 is 1.32 bits per heavy atom. The first kappa shape index (κ1) is 29.9. The number of nitrogens with zero attached hydrogens (tertiary/aromatic N) is 3. The molecule has 37 heavy (non-hydrogen) atoms. The number of nitrogens with one attached hydrogen (secondary N) is 1. The maximum atomic E-state index is 13.6. The topological polar surface area (TPSA) is 240 Å². The monoisotopic (exact) mass is 590 g/mol. The number of anilines is 1. The molecule has 0 bridgehead atoms. The number of carbonyl (C=O) groups excluding carboxylic acids is 1. The Kier molecular flexibility index (Phi) is 7.97. The van der Waals surface area contributed by atoms with Gasteiger partial charge >= 0.3 is 20.6 Å². The standard InChI is InChI=1S/C15H20BF2N4O12P3/c1-7(23)21-11-8-3-4-22(12(8)20-6-19-11)13-14(2,25)10(24)9(33-13)5-32-37(16,31)34-36(29,30)15(17,18)35(26,27)28/h3-4,6,9-10,13,24-25H,5H2,1-2H3,(H,29,30)(H2,26,27,28)(H,19,20,21,23)/t9-,10?,13-,14-,37?/m1/s1. The van der Waals surface area contributed by atoms with E-state index in [4.69, 9.17) is 22.1 Å². The molecule has 204 valence electrons. The molecule has 6 atom stereocenters. The number of carbonyl (C=O) groups is 1. The molecule has 3 rings (SSSR count). The third-order valence-electron chi connectivity index (χ3n) is 5.14. The summed E-state index contributed by atoms with van der Waals surface area (Å²) in [5.74, 6) is -0.292. The van der Waals surface area contributed by atoms with Crippen molar-refractivity contribution in [3.05, 3.63) is 18.6 Å². The van der Waals surface area contributed by atoms with Gasteiger partial charge in [0, 0.05) is 13.1 Å². The van der Waals surface area contributed by atoms with Crippen LogP contribution in [0.1, 0.15) is 20.1 Å². The molecule has 2 aromatic heterocycles. The molecule has 0 spiro atoms. The molecule has 3 unspecified atom stereocenters. The number of aliphatic hydroxyl groups excluding tert-OH is 1. The van der Waals surface area contributed by atoms with Crippen LogP contribution < -0.4 is 5.32 Å². The highest BCUT2D eigenvalue weighted by Gasteiger charge is 2.66. The zero-order chi connectivity index (χ0) is 28.2. The van der Waals surface area contributed by atoms with Crippen LogP contribution in [0.4, 0.5) is 14.6 Å². The van der Waals surface area contributed by atoms with E-state index < -0.39 is 64.6 Å². The summed E-state index contributed by atoms with van der Waals surface area (Å²) in [4.78, 5) is 45.9. The first-order chi connectivity index (χ1) is 16.7. The molecule has 16 nitrogen and oxygen atoms in total. The van der Waals surface area contributed by atoms with Gasteiger partial charge in [0.1, 0.15) is 35.6 Å². The van der Waals surface area contributed by atoms with E-state index >= 15 is 0 Å². The number of aromatic nitrogens is 3. The average Bonchev–Trinajstić information content (AvgIpc) is 3.24. The minimum Gasteiger partial charge on any atom is -0.387 e. The van der Waals surface area contributed by atoms with Crippen molar-refractivity contribution in [2.45, 2.75) is 43.3 Å². The number of rotatable bonds is 9. The highest BCUT2D eigenvalue weighted by Crippen LogP contribution is 2.77. The number of alkyl halides is 2. The van der Waals surface area contributed by atoms with Crippen LogP contribution in [0.15, 0.2) is 18.6 Å². The van der Waals surface area contributed by atoms with E-state index in [1.165, 1.54) is 23.8 Å². The van der Waals surface area contributed by atoms with Gasteiger partial charge in [-0.3, -0.25) is 18.5 Å².